The van der Waals surface area contributed by atoms with Crippen LogP contribution in [0.1, 0.15) is 0 Å². The Hall–Kier alpha value is -11.2. The van der Waals surface area contributed by atoms with Crippen LogP contribution in [0.25, 0.3) is 155 Å². The lowest BCUT2D eigenvalue weighted by atomic mass is 9.97. The fraction of sp³-hybridized carbons (Fsp3) is 0. The van der Waals surface area contributed by atoms with Crippen LogP contribution in [0.5, 0.6) is 0 Å². The second-order valence-corrected chi connectivity index (χ2v) is 21.0. The minimum atomic E-state index is 0.552. The van der Waals surface area contributed by atoms with Gasteiger partial charge in [-0.1, -0.05) is 182 Å². The van der Waals surface area contributed by atoms with Gasteiger partial charge >= 0.3 is 0 Å². The summed E-state index contributed by atoms with van der Waals surface area (Å²) in [4.78, 5) is 20.9. The van der Waals surface area contributed by atoms with Crippen molar-refractivity contribution in [1.29, 1.82) is 0 Å². The van der Waals surface area contributed by atoms with E-state index >= 15 is 0 Å². The van der Waals surface area contributed by atoms with E-state index < -0.39 is 0 Å². The number of benzene rings is 11. The summed E-state index contributed by atoms with van der Waals surface area (Å²) in [5.41, 5.74) is 17.7. The van der Waals surface area contributed by atoms with Crippen LogP contribution in [0, 0.1) is 0 Å². The van der Waals surface area contributed by atoms with Gasteiger partial charge in [0.05, 0.1) is 49.8 Å². The summed E-state index contributed by atoms with van der Waals surface area (Å²) in [6.07, 6.45) is 3.93. The monoisotopic (exact) mass is 1050 g/mol. The Morgan fingerprint density at radius 2 is 0.683 bits per heavy atom. The van der Waals surface area contributed by atoms with Crippen LogP contribution in [0.2, 0.25) is 0 Å². The Bertz CT molecular complexity index is 5330. The Morgan fingerprint density at radius 1 is 0.256 bits per heavy atom. The van der Waals surface area contributed by atoms with Crippen LogP contribution in [-0.4, -0.2) is 38.2 Å². The van der Waals surface area contributed by atoms with Crippen molar-refractivity contribution in [2.24, 2.45) is 0 Å². The van der Waals surface area contributed by atoms with Crippen molar-refractivity contribution in [2.75, 3.05) is 0 Å². The number of nitrogens with zero attached hydrogens (tertiary/aromatic N) is 8. The Labute approximate surface area is 470 Å². The second-order valence-electron chi connectivity index (χ2n) is 21.0. The van der Waals surface area contributed by atoms with Gasteiger partial charge in [0.2, 0.25) is 0 Å². The molecular weight excluding hydrogens is 1000 g/mol. The lowest BCUT2D eigenvalue weighted by Crippen LogP contribution is -2.04. The molecule has 0 radical (unpaired) electrons. The van der Waals surface area contributed by atoms with Gasteiger partial charge in [0.1, 0.15) is 0 Å². The molecule has 0 bridgehead atoms. The summed E-state index contributed by atoms with van der Waals surface area (Å²) in [7, 11) is 0. The molecular formula is C74H46N8. The standard InChI is InChI=1S/C74H46N8/c1-5-21-47(22-6-1)72-76-73(48-23-7-2-8-24-48)78-74(77-72)56-38-37-51(79-63-35-19-15-31-57(63)68-66(79)41-39-54-52-29-13-17-33-61(52)80(70(54)68)49-25-9-3-10-26-49)45-59(56)60-46-75-44-43-65(60)82-64-36-20-16-32-58(64)69-67(82)42-40-55-53-30-14-18-34-62(53)81(71(55)69)50-27-11-4-12-28-50/h1-46H. The minimum Gasteiger partial charge on any atom is -0.309 e. The van der Waals surface area contributed by atoms with Crippen molar-refractivity contribution in [1.82, 2.24) is 38.2 Å². The summed E-state index contributed by atoms with van der Waals surface area (Å²) in [6.45, 7) is 0. The third kappa shape index (κ3) is 6.85. The molecule has 0 aliphatic carbocycles. The molecule has 82 heavy (non-hydrogen) atoms. The first-order chi connectivity index (χ1) is 40.7. The van der Waals surface area contributed by atoms with Crippen LogP contribution in [0.3, 0.4) is 0 Å². The number of hydrogen-bond acceptors (Lipinski definition) is 4. The molecule has 0 atom stereocenters. The van der Waals surface area contributed by atoms with E-state index in [2.05, 4.69) is 249 Å². The van der Waals surface area contributed by atoms with Crippen molar-refractivity contribution in [3.8, 4) is 68.0 Å². The number of hydrogen-bond donors (Lipinski definition) is 0. The molecule has 0 saturated heterocycles. The highest BCUT2D eigenvalue weighted by Crippen LogP contribution is 2.47. The summed E-state index contributed by atoms with van der Waals surface area (Å²) < 4.78 is 9.74. The van der Waals surface area contributed by atoms with E-state index in [1.54, 1.807) is 0 Å². The van der Waals surface area contributed by atoms with Gasteiger partial charge in [-0.05, 0) is 90.5 Å². The Morgan fingerprint density at radius 3 is 1.21 bits per heavy atom. The van der Waals surface area contributed by atoms with Crippen molar-refractivity contribution < 1.29 is 0 Å². The van der Waals surface area contributed by atoms with Gasteiger partial charge in [0.15, 0.2) is 17.5 Å². The van der Waals surface area contributed by atoms with E-state index in [-0.39, 0.29) is 0 Å². The van der Waals surface area contributed by atoms with E-state index in [0.29, 0.717) is 17.5 Å². The molecule has 0 unspecified atom stereocenters. The summed E-state index contributed by atoms with van der Waals surface area (Å²) >= 11 is 0. The maximum atomic E-state index is 5.40. The number of para-hydroxylation sites is 6. The third-order valence-electron chi connectivity index (χ3n) is 16.5. The molecule has 0 saturated carbocycles. The highest BCUT2D eigenvalue weighted by Gasteiger charge is 2.26. The van der Waals surface area contributed by atoms with E-state index in [4.69, 9.17) is 19.9 Å². The van der Waals surface area contributed by atoms with E-state index in [0.717, 1.165) is 100.0 Å². The molecule has 11 aromatic carbocycles. The third-order valence-corrected chi connectivity index (χ3v) is 16.5. The summed E-state index contributed by atoms with van der Waals surface area (Å²) in [5.74, 6) is 1.73. The molecule has 8 nitrogen and oxygen atoms in total. The highest BCUT2D eigenvalue weighted by atomic mass is 15.1. The number of pyridine rings is 1. The van der Waals surface area contributed by atoms with Gasteiger partial charge in [0.25, 0.3) is 0 Å². The normalized spacial score (nSPS) is 11.9. The molecule has 17 rings (SSSR count). The predicted molar refractivity (Wildman–Crippen MR) is 337 cm³/mol. The van der Waals surface area contributed by atoms with Gasteiger partial charge in [-0.15, -0.1) is 0 Å². The zero-order chi connectivity index (χ0) is 53.8. The van der Waals surface area contributed by atoms with Crippen LogP contribution >= 0.6 is 0 Å². The van der Waals surface area contributed by atoms with Crippen LogP contribution < -0.4 is 0 Å². The number of fused-ring (bicyclic) bond motifs is 14. The molecule has 0 amide bonds. The van der Waals surface area contributed by atoms with Gasteiger partial charge in [-0.25, -0.2) is 15.0 Å². The summed E-state index contributed by atoms with van der Waals surface area (Å²) in [6, 6.07) is 95.2. The molecule has 0 N–H and O–H groups in total. The van der Waals surface area contributed by atoms with Gasteiger partial charge < -0.3 is 18.3 Å². The molecule has 0 fully saturated rings. The first-order valence-corrected chi connectivity index (χ1v) is 27.7. The Balaban J connectivity index is 0.977. The fourth-order valence-corrected chi connectivity index (χ4v) is 13.1. The van der Waals surface area contributed by atoms with Crippen LogP contribution in [0.15, 0.2) is 279 Å². The minimum absolute atomic E-state index is 0.552. The topological polar surface area (TPSA) is 71.3 Å². The SMILES string of the molecule is c1ccc(-c2nc(-c3ccccc3)nc(-c3ccc(-n4c5ccccc5c5c4ccc4c6ccccc6n(-c6ccccc6)c45)cc3-c3cnccc3-n3c4ccccc4c4c3ccc3c5ccccc5n(-c5ccccc5)c34)n2)cc1. The smallest absolute Gasteiger partial charge is 0.164 e. The zero-order valence-corrected chi connectivity index (χ0v) is 44.1. The largest absolute Gasteiger partial charge is 0.309 e. The van der Waals surface area contributed by atoms with Gasteiger partial charge in [0, 0.05) is 94.8 Å². The lowest BCUT2D eigenvalue weighted by Gasteiger charge is -2.18. The van der Waals surface area contributed by atoms with Crippen molar-refractivity contribution in [2.45, 2.75) is 0 Å². The molecule has 6 aromatic heterocycles. The summed E-state index contributed by atoms with van der Waals surface area (Å²) in [5, 5.41) is 9.50. The van der Waals surface area contributed by atoms with Crippen LogP contribution in [0.4, 0.5) is 0 Å². The second kappa shape index (κ2) is 18.2. The number of aromatic nitrogens is 8. The molecule has 6 heterocycles. The maximum Gasteiger partial charge on any atom is 0.164 e. The predicted octanol–water partition coefficient (Wildman–Crippen LogP) is 18.3. The van der Waals surface area contributed by atoms with Crippen molar-refractivity contribution in [3.05, 3.63) is 279 Å². The van der Waals surface area contributed by atoms with Crippen molar-refractivity contribution >= 4 is 87.2 Å². The number of rotatable bonds is 8. The van der Waals surface area contributed by atoms with Crippen molar-refractivity contribution in [3.63, 3.8) is 0 Å². The zero-order valence-electron chi connectivity index (χ0n) is 44.1. The lowest BCUT2D eigenvalue weighted by molar-refractivity contribution is 1.07. The molecule has 382 valence electrons. The first-order valence-electron chi connectivity index (χ1n) is 27.7. The average Bonchev–Trinajstić information content (AvgIpc) is 3.05. The molecule has 0 aliphatic rings. The van der Waals surface area contributed by atoms with E-state index in [1.807, 2.05) is 48.8 Å². The highest BCUT2D eigenvalue weighted by molar-refractivity contribution is 6.28. The fourth-order valence-electron chi connectivity index (χ4n) is 13.1. The van der Waals surface area contributed by atoms with E-state index in [1.165, 1.54) is 37.8 Å². The quantitative estimate of drug-likeness (QED) is 0.152. The average molecular weight is 1050 g/mol. The van der Waals surface area contributed by atoms with Crippen LogP contribution in [-0.2, 0) is 0 Å². The maximum absolute atomic E-state index is 5.40. The molecule has 0 aliphatic heterocycles. The molecule has 8 heteroatoms. The first kappa shape index (κ1) is 45.8. The van der Waals surface area contributed by atoms with Gasteiger partial charge in [-0.3, -0.25) is 4.98 Å². The molecule has 17 aromatic rings. The molecule has 0 spiro atoms. The Kier molecular flexibility index (Phi) is 10.1. The van der Waals surface area contributed by atoms with Gasteiger partial charge in [-0.2, -0.15) is 0 Å². The van der Waals surface area contributed by atoms with E-state index in [9.17, 15) is 0 Å².